The van der Waals surface area contributed by atoms with E-state index >= 15 is 0 Å². The first kappa shape index (κ1) is 18.1. The number of nitrogens with zero attached hydrogens (tertiary/aromatic N) is 1. The Bertz CT molecular complexity index is 795. The normalized spacial score (nSPS) is 17.0. The highest BCUT2D eigenvalue weighted by atomic mass is 35.5. The molecule has 1 aliphatic heterocycles. The summed E-state index contributed by atoms with van der Waals surface area (Å²) >= 11 is 8.13. The van der Waals surface area contributed by atoms with Gasteiger partial charge in [0.05, 0.1) is 24.8 Å². The maximum atomic E-state index is 9.62. The molecule has 1 heterocycles. The van der Waals surface area contributed by atoms with Gasteiger partial charge in [-0.25, -0.2) is 0 Å². The Morgan fingerprint density at radius 1 is 1.36 bits per heavy atom. The zero-order valence-electron chi connectivity index (χ0n) is 14.3. The van der Waals surface area contributed by atoms with E-state index in [2.05, 4.69) is 23.3 Å². The van der Waals surface area contributed by atoms with Crippen LogP contribution in [0.25, 0.3) is 0 Å². The number of hydrogen-bond donors (Lipinski definition) is 2. The van der Waals surface area contributed by atoms with Crippen molar-refractivity contribution in [1.82, 2.24) is 5.32 Å². The number of hydrogen-bond acceptors (Lipinski definition) is 5. The second-order valence-corrected chi connectivity index (χ2v) is 7.34. The number of thioether (sulfide) groups is 1. The van der Waals surface area contributed by atoms with Gasteiger partial charge in [0.1, 0.15) is 11.6 Å². The molecule has 6 heteroatoms. The SMILES string of the molecule is COc1ccc(C)cc1CSc1c(Cl)cccc1C1=NCC(O)CN1. The van der Waals surface area contributed by atoms with Crippen LogP contribution in [-0.2, 0) is 5.75 Å². The maximum Gasteiger partial charge on any atom is 0.129 e. The largest absolute Gasteiger partial charge is 0.496 e. The highest BCUT2D eigenvalue weighted by molar-refractivity contribution is 7.98. The van der Waals surface area contributed by atoms with Crippen LogP contribution in [0.15, 0.2) is 46.3 Å². The van der Waals surface area contributed by atoms with Crippen molar-refractivity contribution in [2.24, 2.45) is 4.99 Å². The number of halogens is 1. The second-order valence-electron chi connectivity index (χ2n) is 5.94. The summed E-state index contributed by atoms with van der Waals surface area (Å²) in [5.74, 6) is 2.41. The van der Waals surface area contributed by atoms with Crippen molar-refractivity contribution in [2.45, 2.75) is 23.7 Å². The molecule has 1 unspecified atom stereocenters. The average Bonchev–Trinajstić information content (AvgIpc) is 2.61. The van der Waals surface area contributed by atoms with Gasteiger partial charge in [-0.2, -0.15) is 0 Å². The molecule has 4 nitrogen and oxygen atoms in total. The van der Waals surface area contributed by atoms with Crippen molar-refractivity contribution < 1.29 is 9.84 Å². The lowest BCUT2D eigenvalue weighted by atomic mass is 10.1. The topological polar surface area (TPSA) is 53.9 Å². The van der Waals surface area contributed by atoms with Crippen molar-refractivity contribution in [3.05, 3.63) is 58.1 Å². The number of methoxy groups -OCH3 is 1. The van der Waals surface area contributed by atoms with Gasteiger partial charge in [-0.1, -0.05) is 41.4 Å². The molecule has 0 radical (unpaired) electrons. The fourth-order valence-corrected chi connectivity index (χ4v) is 4.11. The van der Waals surface area contributed by atoms with Gasteiger partial charge < -0.3 is 15.2 Å². The molecule has 3 rings (SSSR count). The van der Waals surface area contributed by atoms with Gasteiger partial charge >= 0.3 is 0 Å². The average molecular weight is 377 g/mol. The standard InChI is InChI=1S/C19H21ClN2O2S/c1-12-6-7-17(24-2)13(8-12)11-25-18-15(4-3-5-16(18)20)19-21-9-14(23)10-22-19/h3-8,14,23H,9-11H2,1-2H3,(H,21,22). The minimum Gasteiger partial charge on any atom is -0.496 e. The molecule has 0 bridgehead atoms. The van der Waals surface area contributed by atoms with Crippen LogP contribution in [0.3, 0.4) is 0 Å². The van der Waals surface area contributed by atoms with Crippen molar-refractivity contribution in [3.63, 3.8) is 0 Å². The van der Waals surface area contributed by atoms with E-state index in [0.717, 1.165) is 33.4 Å². The number of β-amino-alcohol motifs (C(OH)–C–C–N with tert-alkyl or cyclic N) is 1. The van der Waals surface area contributed by atoms with E-state index in [1.54, 1.807) is 18.9 Å². The molecule has 132 valence electrons. The number of rotatable bonds is 5. The van der Waals surface area contributed by atoms with Crippen LogP contribution < -0.4 is 10.1 Å². The molecule has 0 saturated carbocycles. The number of amidine groups is 1. The van der Waals surface area contributed by atoms with Gasteiger partial charge in [-0.05, 0) is 19.1 Å². The zero-order valence-corrected chi connectivity index (χ0v) is 15.8. The molecule has 1 atom stereocenters. The van der Waals surface area contributed by atoms with Crippen molar-refractivity contribution in [1.29, 1.82) is 0 Å². The zero-order chi connectivity index (χ0) is 17.8. The van der Waals surface area contributed by atoms with Crippen LogP contribution in [0.4, 0.5) is 0 Å². The molecule has 0 aromatic heterocycles. The van der Waals surface area contributed by atoms with Gasteiger partial charge in [-0.15, -0.1) is 11.8 Å². The first-order valence-corrected chi connectivity index (χ1v) is 9.46. The first-order chi connectivity index (χ1) is 12.1. The molecular formula is C19H21ClN2O2S. The van der Waals surface area contributed by atoms with Crippen LogP contribution >= 0.6 is 23.4 Å². The minimum absolute atomic E-state index is 0.407. The van der Waals surface area contributed by atoms with E-state index in [1.165, 1.54) is 5.56 Å². The molecule has 0 saturated heterocycles. The van der Waals surface area contributed by atoms with Gasteiger partial charge in [0.15, 0.2) is 0 Å². The number of aliphatic hydroxyl groups excluding tert-OH is 1. The predicted octanol–water partition coefficient (Wildman–Crippen LogP) is 3.66. The summed E-state index contributed by atoms with van der Waals surface area (Å²) in [5.41, 5.74) is 3.30. The number of aliphatic hydroxyl groups is 1. The third-order valence-electron chi connectivity index (χ3n) is 4.00. The third kappa shape index (κ3) is 4.29. The van der Waals surface area contributed by atoms with Gasteiger partial charge in [0.25, 0.3) is 0 Å². The summed E-state index contributed by atoms with van der Waals surface area (Å²) in [7, 11) is 1.69. The van der Waals surface area contributed by atoms with E-state index in [9.17, 15) is 5.11 Å². The van der Waals surface area contributed by atoms with E-state index in [1.807, 2.05) is 30.3 Å². The van der Waals surface area contributed by atoms with Crippen LogP contribution in [0, 0.1) is 6.92 Å². The van der Waals surface area contributed by atoms with E-state index < -0.39 is 6.10 Å². The first-order valence-electron chi connectivity index (χ1n) is 8.10. The number of aryl methyl sites for hydroxylation is 1. The molecule has 25 heavy (non-hydrogen) atoms. The van der Waals surface area contributed by atoms with E-state index in [0.29, 0.717) is 18.1 Å². The quantitative estimate of drug-likeness (QED) is 0.782. The molecule has 1 aliphatic rings. The molecule has 0 fully saturated rings. The molecule has 0 aliphatic carbocycles. The summed E-state index contributed by atoms with van der Waals surface area (Å²) in [4.78, 5) is 5.43. The molecule has 2 N–H and O–H groups in total. The Morgan fingerprint density at radius 2 is 2.20 bits per heavy atom. The lowest BCUT2D eigenvalue weighted by Crippen LogP contribution is -2.39. The Labute approximate surface area is 157 Å². The molecular weight excluding hydrogens is 356 g/mol. The fourth-order valence-electron chi connectivity index (χ4n) is 2.72. The van der Waals surface area contributed by atoms with Gasteiger partial charge in [0, 0.05) is 28.3 Å². The lowest BCUT2D eigenvalue weighted by molar-refractivity contribution is 0.181. The summed E-state index contributed by atoms with van der Waals surface area (Å²) in [6.45, 7) is 2.98. The van der Waals surface area contributed by atoms with Crippen LogP contribution in [-0.4, -0.2) is 37.2 Å². The van der Waals surface area contributed by atoms with E-state index in [-0.39, 0.29) is 0 Å². The highest BCUT2D eigenvalue weighted by Crippen LogP contribution is 2.35. The summed E-state index contributed by atoms with van der Waals surface area (Å²) < 4.78 is 5.47. The van der Waals surface area contributed by atoms with Gasteiger partial charge in [-0.3, -0.25) is 4.99 Å². The number of benzene rings is 2. The Morgan fingerprint density at radius 3 is 2.92 bits per heavy atom. The van der Waals surface area contributed by atoms with Crippen molar-refractivity contribution in [2.75, 3.05) is 20.2 Å². The Hall–Kier alpha value is -1.69. The van der Waals surface area contributed by atoms with Crippen LogP contribution in [0.2, 0.25) is 5.02 Å². The summed E-state index contributed by atoms with van der Waals surface area (Å²) in [5, 5.41) is 13.5. The smallest absolute Gasteiger partial charge is 0.129 e. The molecule has 2 aromatic rings. The van der Waals surface area contributed by atoms with Gasteiger partial charge in [0.2, 0.25) is 0 Å². The number of ether oxygens (including phenoxy) is 1. The monoisotopic (exact) mass is 376 g/mol. The van der Waals surface area contributed by atoms with Crippen LogP contribution in [0.1, 0.15) is 16.7 Å². The lowest BCUT2D eigenvalue weighted by Gasteiger charge is -2.21. The van der Waals surface area contributed by atoms with Crippen molar-refractivity contribution in [3.8, 4) is 5.75 Å². The predicted molar refractivity (Wildman–Crippen MR) is 104 cm³/mol. The summed E-state index contributed by atoms with van der Waals surface area (Å²) in [6.07, 6.45) is -0.435. The fraction of sp³-hybridized carbons (Fsp3) is 0.316. The molecule has 0 amide bonds. The number of aliphatic imine (C=N–C) groups is 1. The van der Waals surface area contributed by atoms with E-state index in [4.69, 9.17) is 16.3 Å². The highest BCUT2D eigenvalue weighted by Gasteiger charge is 2.18. The summed E-state index contributed by atoms with van der Waals surface area (Å²) in [6, 6.07) is 12.0. The van der Waals surface area contributed by atoms with Crippen molar-refractivity contribution >= 4 is 29.2 Å². The molecule has 0 spiro atoms. The van der Waals surface area contributed by atoms with Crippen LogP contribution in [0.5, 0.6) is 5.75 Å². The minimum atomic E-state index is -0.435. The maximum absolute atomic E-state index is 9.62. The Kier molecular flexibility index (Phi) is 5.89. The third-order valence-corrected chi connectivity index (χ3v) is 5.61. The molecule has 2 aromatic carbocycles. The number of nitrogens with one attached hydrogen (secondary N) is 1. The Balaban J connectivity index is 1.87. The second kappa shape index (κ2) is 8.13.